The number of hydrogen-bond donors (Lipinski definition) is 0. The molecule has 0 amide bonds. The number of hydrogen-bond acceptors (Lipinski definition) is 6. The van der Waals surface area contributed by atoms with Crippen LogP contribution in [0.5, 0.6) is 5.75 Å². The monoisotopic (exact) mass is 317 g/mol. The molecule has 5 nitrogen and oxygen atoms in total. The van der Waals surface area contributed by atoms with E-state index in [0.717, 1.165) is 34.3 Å². The molecule has 2 aromatic heterocycles. The van der Waals surface area contributed by atoms with Crippen LogP contribution in [0.1, 0.15) is 41.2 Å². The molecule has 22 heavy (non-hydrogen) atoms. The van der Waals surface area contributed by atoms with Gasteiger partial charge in [0.2, 0.25) is 0 Å². The van der Waals surface area contributed by atoms with Crippen LogP contribution in [-0.2, 0) is 4.74 Å². The fourth-order valence-corrected chi connectivity index (χ4v) is 3.52. The lowest BCUT2D eigenvalue weighted by Crippen LogP contribution is -2.01. The van der Waals surface area contributed by atoms with Crippen LogP contribution >= 0.6 is 11.3 Å². The molecular weight excluding hydrogens is 302 g/mol. The molecule has 0 radical (unpaired) electrons. The van der Waals surface area contributed by atoms with E-state index >= 15 is 0 Å². The van der Waals surface area contributed by atoms with E-state index in [0.29, 0.717) is 28.7 Å². The van der Waals surface area contributed by atoms with Crippen molar-refractivity contribution in [3.8, 4) is 5.75 Å². The van der Waals surface area contributed by atoms with Crippen molar-refractivity contribution >= 4 is 38.5 Å². The van der Waals surface area contributed by atoms with Gasteiger partial charge >= 0.3 is 5.97 Å². The van der Waals surface area contributed by atoms with Crippen molar-refractivity contribution in [1.29, 1.82) is 0 Å². The summed E-state index contributed by atoms with van der Waals surface area (Å²) in [7, 11) is 1.61. The molecule has 1 aromatic carbocycles. The van der Waals surface area contributed by atoms with Gasteiger partial charge in [0.1, 0.15) is 10.4 Å². The second-order valence-corrected chi connectivity index (χ2v) is 6.41. The number of aromatic nitrogens is 1. The second kappa shape index (κ2) is 4.98. The number of thiophene rings is 1. The van der Waals surface area contributed by atoms with Crippen LogP contribution in [0.15, 0.2) is 16.5 Å². The number of oxazole rings is 1. The van der Waals surface area contributed by atoms with Crippen molar-refractivity contribution in [3.05, 3.63) is 22.9 Å². The van der Waals surface area contributed by atoms with E-state index in [1.165, 1.54) is 11.3 Å². The lowest BCUT2D eigenvalue weighted by molar-refractivity contribution is 0.0532. The van der Waals surface area contributed by atoms with Gasteiger partial charge in [-0.15, -0.1) is 11.3 Å². The summed E-state index contributed by atoms with van der Waals surface area (Å²) in [5.74, 6) is 1.54. The first-order chi connectivity index (χ1) is 10.7. The van der Waals surface area contributed by atoms with Crippen molar-refractivity contribution in [1.82, 2.24) is 4.98 Å². The highest BCUT2D eigenvalue weighted by Crippen LogP contribution is 2.44. The Morgan fingerprint density at radius 3 is 2.95 bits per heavy atom. The number of ether oxygens (including phenoxy) is 2. The molecule has 2 heterocycles. The topological polar surface area (TPSA) is 61.6 Å². The molecule has 1 aliphatic rings. The standard InChI is InChI=1S/C16H15NO4S/c1-3-20-16(18)12-6-9-11(22-12)7-10(19-2)14-13(9)17-15(21-14)8-4-5-8/h6-8H,3-5H2,1-2H3. The largest absolute Gasteiger partial charge is 0.493 e. The second-order valence-electron chi connectivity index (χ2n) is 5.33. The summed E-state index contributed by atoms with van der Waals surface area (Å²) >= 11 is 1.39. The number of benzene rings is 1. The highest BCUT2D eigenvalue weighted by Gasteiger charge is 2.30. The maximum Gasteiger partial charge on any atom is 0.348 e. The Labute approximate surface area is 130 Å². The smallest absolute Gasteiger partial charge is 0.348 e. The minimum Gasteiger partial charge on any atom is -0.493 e. The van der Waals surface area contributed by atoms with Crippen LogP contribution in [0.25, 0.3) is 21.2 Å². The van der Waals surface area contributed by atoms with E-state index in [9.17, 15) is 4.79 Å². The molecule has 1 fully saturated rings. The van der Waals surface area contributed by atoms with E-state index in [1.807, 2.05) is 12.1 Å². The first-order valence-corrected chi connectivity index (χ1v) is 8.11. The van der Waals surface area contributed by atoms with Gasteiger partial charge in [0, 0.05) is 22.1 Å². The third-order valence-corrected chi connectivity index (χ3v) is 4.83. The lowest BCUT2D eigenvalue weighted by atomic mass is 10.2. The maximum atomic E-state index is 11.9. The van der Waals surface area contributed by atoms with E-state index in [4.69, 9.17) is 13.9 Å². The first-order valence-electron chi connectivity index (χ1n) is 7.29. The normalized spacial score (nSPS) is 14.6. The highest BCUT2D eigenvalue weighted by atomic mass is 32.1. The fourth-order valence-electron chi connectivity index (χ4n) is 2.53. The zero-order valence-corrected chi connectivity index (χ0v) is 13.2. The molecule has 1 saturated carbocycles. The Balaban J connectivity index is 1.93. The molecule has 114 valence electrons. The van der Waals surface area contributed by atoms with Gasteiger partial charge in [-0.2, -0.15) is 0 Å². The zero-order chi connectivity index (χ0) is 15.3. The van der Waals surface area contributed by atoms with Gasteiger partial charge in [0.25, 0.3) is 0 Å². The quantitative estimate of drug-likeness (QED) is 0.678. The van der Waals surface area contributed by atoms with Crippen molar-refractivity contribution in [2.75, 3.05) is 13.7 Å². The molecule has 0 unspecified atom stereocenters. The number of esters is 1. The number of fused-ring (bicyclic) bond motifs is 3. The van der Waals surface area contributed by atoms with Crippen LogP contribution in [0, 0.1) is 0 Å². The van der Waals surface area contributed by atoms with E-state index in [-0.39, 0.29) is 5.97 Å². The summed E-state index contributed by atoms with van der Waals surface area (Å²) in [5, 5.41) is 0.916. The molecule has 0 spiro atoms. The van der Waals surface area contributed by atoms with Crippen LogP contribution in [-0.4, -0.2) is 24.7 Å². The Morgan fingerprint density at radius 1 is 1.45 bits per heavy atom. The molecule has 3 aromatic rings. The molecule has 0 aliphatic heterocycles. The lowest BCUT2D eigenvalue weighted by Gasteiger charge is -1.99. The maximum absolute atomic E-state index is 11.9. The number of rotatable bonds is 4. The van der Waals surface area contributed by atoms with Crippen molar-refractivity contribution in [2.24, 2.45) is 0 Å². The average molecular weight is 317 g/mol. The van der Waals surface area contributed by atoms with Crippen molar-refractivity contribution in [2.45, 2.75) is 25.7 Å². The molecular formula is C16H15NO4S. The summed E-state index contributed by atoms with van der Waals surface area (Å²) in [6.07, 6.45) is 2.24. The summed E-state index contributed by atoms with van der Waals surface area (Å²) < 4.78 is 17.3. The third-order valence-electron chi connectivity index (χ3n) is 3.77. The van der Waals surface area contributed by atoms with Crippen LogP contribution < -0.4 is 4.74 Å². The number of nitrogens with zero attached hydrogens (tertiary/aromatic N) is 1. The van der Waals surface area contributed by atoms with Crippen molar-refractivity contribution in [3.63, 3.8) is 0 Å². The minimum atomic E-state index is -0.304. The fraction of sp³-hybridized carbons (Fsp3) is 0.375. The molecule has 0 N–H and O–H groups in total. The van der Waals surface area contributed by atoms with Crippen LogP contribution in [0.2, 0.25) is 0 Å². The van der Waals surface area contributed by atoms with Gasteiger partial charge in [0.15, 0.2) is 17.2 Å². The molecule has 0 saturated heterocycles. The molecule has 6 heteroatoms. The zero-order valence-electron chi connectivity index (χ0n) is 12.3. The van der Waals surface area contributed by atoms with Crippen LogP contribution in [0.3, 0.4) is 0 Å². The predicted molar refractivity (Wildman–Crippen MR) is 83.9 cm³/mol. The molecule has 0 bridgehead atoms. The molecule has 4 rings (SSSR count). The number of methoxy groups -OCH3 is 1. The average Bonchev–Trinajstić information content (AvgIpc) is 3.12. The summed E-state index contributed by atoms with van der Waals surface area (Å²) in [6, 6.07) is 3.73. The summed E-state index contributed by atoms with van der Waals surface area (Å²) in [6.45, 7) is 2.16. The van der Waals surface area contributed by atoms with Gasteiger partial charge in [-0.05, 0) is 25.8 Å². The minimum absolute atomic E-state index is 0.304. The first kappa shape index (κ1) is 13.6. The SMILES string of the molecule is CCOC(=O)c1cc2c(cc(OC)c3oc(C4CC4)nc32)s1. The Kier molecular flexibility index (Phi) is 3.07. The van der Waals surface area contributed by atoms with Crippen molar-refractivity contribution < 1.29 is 18.7 Å². The van der Waals surface area contributed by atoms with Gasteiger partial charge in [-0.3, -0.25) is 0 Å². The van der Waals surface area contributed by atoms with E-state index in [1.54, 1.807) is 14.0 Å². The number of carbonyl (C=O) groups excluding carboxylic acids is 1. The predicted octanol–water partition coefficient (Wildman–Crippen LogP) is 4.11. The van der Waals surface area contributed by atoms with Gasteiger partial charge < -0.3 is 13.9 Å². The van der Waals surface area contributed by atoms with Gasteiger partial charge in [0.05, 0.1) is 13.7 Å². The molecule has 1 aliphatic carbocycles. The molecule has 0 atom stereocenters. The Bertz CT molecular complexity index is 875. The van der Waals surface area contributed by atoms with E-state index in [2.05, 4.69) is 4.98 Å². The van der Waals surface area contributed by atoms with Gasteiger partial charge in [-0.25, -0.2) is 9.78 Å². The number of carbonyl (C=O) groups is 1. The van der Waals surface area contributed by atoms with Crippen LogP contribution in [0.4, 0.5) is 0 Å². The summed E-state index contributed by atoms with van der Waals surface area (Å²) in [5.41, 5.74) is 1.42. The Hall–Kier alpha value is -2.08. The third kappa shape index (κ3) is 2.06. The summed E-state index contributed by atoms with van der Waals surface area (Å²) in [4.78, 5) is 17.2. The van der Waals surface area contributed by atoms with E-state index < -0.39 is 0 Å². The Morgan fingerprint density at radius 2 is 2.27 bits per heavy atom. The highest BCUT2D eigenvalue weighted by molar-refractivity contribution is 7.20. The van der Waals surface area contributed by atoms with Gasteiger partial charge in [-0.1, -0.05) is 0 Å².